The standard InChI is InChI=1S/C19H24N2O5S/c1-25-17-8-5-7-16(14-17)19(22)20-12-13-27(23,24)21-11-10-15-6-3-4-9-18(15)26-2/h3-9,14,21H,10-13H2,1-2H3,(H,20,22). The summed E-state index contributed by atoms with van der Waals surface area (Å²) in [5, 5.41) is 2.60. The van der Waals surface area contributed by atoms with Crippen molar-refractivity contribution in [2.75, 3.05) is 33.1 Å². The molecule has 2 rings (SSSR count). The van der Waals surface area contributed by atoms with Gasteiger partial charge in [-0.25, -0.2) is 13.1 Å². The van der Waals surface area contributed by atoms with E-state index in [9.17, 15) is 13.2 Å². The van der Waals surface area contributed by atoms with E-state index in [1.54, 1.807) is 31.4 Å². The lowest BCUT2D eigenvalue weighted by atomic mass is 10.1. The number of benzene rings is 2. The maximum atomic E-state index is 12.1. The normalized spacial score (nSPS) is 11.0. The van der Waals surface area contributed by atoms with Crippen molar-refractivity contribution in [3.8, 4) is 11.5 Å². The second kappa shape index (κ2) is 9.94. The van der Waals surface area contributed by atoms with Crippen LogP contribution in [0.2, 0.25) is 0 Å². The van der Waals surface area contributed by atoms with Crippen molar-refractivity contribution >= 4 is 15.9 Å². The second-order valence-corrected chi connectivity index (χ2v) is 7.69. The van der Waals surface area contributed by atoms with Gasteiger partial charge in [0.05, 0.1) is 20.0 Å². The van der Waals surface area contributed by atoms with Gasteiger partial charge in [-0.15, -0.1) is 0 Å². The van der Waals surface area contributed by atoms with Crippen LogP contribution in [0.15, 0.2) is 48.5 Å². The van der Waals surface area contributed by atoms with Crippen LogP contribution in [0, 0.1) is 0 Å². The van der Waals surface area contributed by atoms with Crippen LogP contribution < -0.4 is 19.5 Å². The monoisotopic (exact) mass is 392 g/mol. The van der Waals surface area contributed by atoms with E-state index in [0.29, 0.717) is 17.7 Å². The van der Waals surface area contributed by atoms with Gasteiger partial charge in [0.25, 0.3) is 5.91 Å². The Labute approximate surface area is 159 Å². The number of sulfonamides is 1. The fraction of sp³-hybridized carbons (Fsp3) is 0.316. The van der Waals surface area contributed by atoms with Crippen molar-refractivity contribution in [2.24, 2.45) is 0 Å². The topological polar surface area (TPSA) is 93.7 Å². The number of hydrogen-bond acceptors (Lipinski definition) is 5. The SMILES string of the molecule is COc1cccc(C(=O)NCCS(=O)(=O)NCCc2ccccc2OC)c1. The van der Waals surface area contributed by atoms with Gasteiger partial charge in [0.2, 0.25) is 10.0 Å². The third-order valence-corrected chi connectivity index (χ3v) is 5.28. The minimum atomic E-state index is -3.49. The van der Waals surface area contributed by atoms with Gasteiger partial charge in [0.1, 0.15) is 11.5 Å². The highest BCUT2D eigenvalue weighted by Gasteiger charge is 2.12. The molecule has 0 fully saturated rings. The van der Waals surface area contributed by atoms with Gasteiger partial charge in [0.15, 0.2) is 0 Å². The number of ether oxygens (including phenoxy) is 2. The van der Waals surface area contributed by atoms with Crippen molar-refractivity contribution in [3.63, 3.8) is 0 Å². The molecule has 0 unspecified atom stereocenters. The Morgan fingerprint density at radius 3 is 2.52 bits per heavy atom. The molecule has 0 atom stereocenters. The van der Waals surface area contributed by atoms with Crippen molar-refractivity contribution in [1.29, 1.82) is 0 Å². The zero-order valence-electron chi connectivity index (χ0n) is 15.4. The molecule has 2 aromatic carbocycles. The highest BCUT2D eigenvalue weighted by Crippen LogP contribution is 2.17. The first kappa shape index (κ1) is 20.7. The average Bonchev–Trinajstić information content (AvgIpc) is 2.68. The van der Waals surface area contributed by atoms with E-state index in [4.69, 9.17) is 9.47 Å². The zero-order valence-corrected chi connectivity index (χ0v) is 16.2. The molecular weight excluding hydrogens is 368 g/mol. The van der Waals surface area contributed by atoms with Gasteiger partial charge in [0, 0.05) is 18.7 Å². The van der Waals surface area contributed by atoms with E-state index in [-0.39, 0.29) is 24.7 Å². The summed E-state index contributed by atoms with van der Waals surface area (Å²) in [5.41, 5.74) is 1.34. The molecule has 2 aromatic rings. The summed E-state index contributed by atoms with van der Waals surface area (Å²) in [5.74, 6) is 0.739. The molecule has 0 saturated heterocycles. The summed E-state index contributed by atoms with van der Waals surface area (Å²) in [6.45, 7) is 0.270. The quantitative estimate of drug-likeness (QED) is 0.641. The summed E-state index contributed by atoms with van der Waals surface area (Å²) in [7, 11) is -0.401. The maximum Gasteiger partial charge on any atom is 0.251 e. The van der Waals surface area contributed by atoms with Crippen molar-refractivity contribution < 1.29 is 22.7 Å². The molecule has 0 saturated carbocycles. The van der Waals surface area contributed by atoms with E-state index in [0.717, 1.165) is 11.3 Å². The Kier molecular flexibility index (Phi) is 7.63. The molecule has 0 heterocycles. The zero-order chi connectivity index (χ0) is 19.7. The molecule has 1 amide bonds. The minimum absolute atomic E-state index is 0.0139. The largest absolute Gasteiger partial charge is 0.497 e. The van der Waals surface area contributed by atoms with Gasteiger partial charge < -0.3 is 14.8 Å². The molecule has 2 N–H and O–H groups in total. The second-order valence-electron chi connectivity index (χ2n) is 5.76. The van der Waals surface area contributed by atoms with Crippen LogP contribution in [-0.2, 0) is 16.4 Å². The highest BCUT2D eigenvalue weighted by molar-refractivity contribution is 7.89. The van der Waals surface area contributed by atoms with E-state index in [1.807, 2.05) is 24.3 Å². The number of para-hydroxylation sites is 1. The molecule has 0 aromatic heterocycles. The fourth-order valence-electron chi connectivity index (χ4n) is 2.49. The number of rotatable bonds is 10. The maximum absolute atomic E-state index is 12.1. The smallest absolute Gasteiger partial charge is 0.251 e. The van der Waals surface area contributed by atoms with Crippen LogP contribution in [0.5, 0.6) is 11.5 Å². The summed E-state index contributed by atoms with van der Waals surface area (Å²) in [6.07, 6.45) is 0.513. The van der Waals surface area contributed by atoms with Crippen LogP contribution in [0.1, 0.15) is 15.9 Å². The van der Waals surface area contributed by atoms with Crippen molar-refractivity contribution in [2.45, 2.75) is 6.42 Å². The Bertz CT molecular complexity index is 868. The van der Waals surface area contributed by atoms with E-state index in [2.05, 4.69) is 10.0 Å². The first-order valence-corrected chi connectivity index (χ1v) is 10.1. The summed E-state index contributed by atoms with van der Waals surface area (Å²) >= 11 is 0. The number of carbonyl (C=O) groups is 1. The molecule has 8 heteroatoms. The van der Waals surface area contributed by atoms with E-state index < -0.39 is 10.0 Å². The predicted molar refractivity (Wildman–Crippen MR) is 104 cm³/mol. The van der Waals surface area contributed by atoms with Gasteiger partial charge in [-0.1, -0.05) is 24.3 Å². The Hall–Kier alpha value is -2.58. The summed E-state index contributed by atoms with van der Waals surface area (Å²) in [6, 6.07) is 14.1. The van der Waals surface area contributed by atoms with Crippen LogP contribution in [-0.4, -0.2) is 47.4 Å². The molecule has 146 valence electrons. The lowest BCUT2D eigenvalue weighted by Gasteiger charge is -2.10. The average molecular weight is 392 g/mol. The molecule has 0 aliphatic heterocycles. The predicted octanol–water partition coefficient (Wildman–Crippen LogP) is 1.60. The fourth-order valence-corrected chi connectivity index (χ4v) is 3.42. The lowest BCUT2D eigenvalue weighted by molar-refractivity contribution is 0.0955. The number of hydrogen-bond donors (Lipinski definition) is 2. The Balaban J connectivity index is 1.78. The number of nitrogens with one attached hydrogen (secondary N) is 2. The van der Waals surface area contributed by atoms with E-state index >= 15 is 0 Å². The molecular formula is C19H24N2O5S. The van der Waals surface area contributed by atoms with Crippen molar-refractivity contribution in [1.82, 2.24) is 10.0 Å². The van der Waals surface area contributed by atoms with Crippen molar-refractivity contribution in [3.05, 3.63) is 59.7 Å². The highest BCUT2D eigenvalue weighted by atomic mass is 32.2. The molecule has 0 aliphatic rings. The lowest BCUT2D eigenvalue weighted by Crippen LogP contribution is -2.35. The van der Waals surface area contributed by atoms with Crippen LogP contribution in [0.25, 0.3) is 0 Å². The number of carbonyl (C=O) groups excluding carboxylic acids is 1. The van der Waals surface area contributed by atoms with Gasteiger partial charge in [-0.3, -0.25) is 4.79 Å². The molecule has 27 heavy (non-hydrogen) atoms. The molecule has 0 aliphatic carbocycles. The van der Waals surface area contributed by atoms with Crippen LogP contribution >= 0.6 is 0 Å². The molecule has 0 bridgehead atoms. The van der Waals surface area contributed by atoms with Gasteiger partial charge in [-0.2, -0.15) is 0 Å². The van der Waals surface area contributed by atoms with Crippen LogP contribution in [0.3, 0.4) is 0 Å². The summed E-state index contributed by atoms with van der Waals surface area (Å²) in [4.78, 5) is 12.1. The number of methoxy groups -OCH3 is 2. The van der Waals surface area contributed by atoms with Gasteiger partial charge >= 0.3 is 0 Å². The minimum Gasteiger partial charge on any atom is -0.497 e. The molecule has 7 nitrogen and oxygen atoms in total. The first-order chi connectivity index (χ1) is 12.9. The van der Waals surface area contributed by atoms with Gasteiger partial charge in [-0.05, 0) is 36.2 Å². The first-order valence-electron chi connectivity index (χ1n) is 8.46. The Morgan fingerprint density at radius 2 is 1.78 bits per heavy atom. The molecule has 0 spiro atoms. The number of amides is 1. The van der Waals surface area contributed by atoms with Crippen LogP contribution in [0.4, 0.5) is 0 Å². The summed E-state index contributed by atoms with van der Waals surface area (Å²) < 4.78 is 37.0. The Morgan fingerprint density at radius 1 is 1.00 bits per heavy atom. The van der Waals surface area contributed by atoms with E-state index in [1.165, 1.54) is 7.11 Å². The third-order valence-electron chi connectivity index (χ3n) is 3.90. The third kappa shape index (κ3) is 6.58. The molecule has 0 radical (unpaired) electrons.